The number of carbonyl (C=O) groups excluding carboxylic acids is 2. The minimum atomic E-state index is -1.45. The van der Waals surface area contributed by atoms with E-state index in [4.69, 9.17) is 5.11 Å². The normalized spacial score (nSPS) is 21.6. The van der Waals surface area contributed by atoms with Crippen LogP contribution in [0.4, 0.5) is 0 Å². The number of hydrogen-bond donors (Lipinski definition) is 2. The van der Waals surface area contributed by atoms with Crippen LogP contribution in [-0.2, 0) is 19.1 Å². The Labute approximate surface area is 117 Å². The number of aliphatic carboxylic acids is 1. The van der Waals surface area contributed by atoms with Gasteiger partial charge in [0.1, 0.15) is 11.3 Å². The van der Waals surface area contributed by atoms with E-state index in [9.17, 15) is 19.5 Å². The second-order valence-corrected chi connectivity index (χ2v) is 4.85. The molecule has 0 aromatic rings. The van der Waals surface area contributed by atoms with Gasteiger partial charge in [0.25, 0.3) is 0 Å². The van der Waals surface area contributed by atoms with Gasteiger partial charge in [-0.05, 0) is 6.42 Å². The molecule has 112 valence electrons. The van der Waals surface area contributed by atoms with E-state index in [1.807, 2.05) is 0 Å². The maximum Gasteiger partial charge on any atom is 0.346 e. The topological polar surface area (TPSA) is 101 Å². The van der Waals surface area contributed by atoms with Crippen LogP contribution < -0.4 is 0 Å². The molecule has 0 saturated carbocycles. The van der Waals surface area contributed by atoms with Crippen molar-refractivity contribution in [1.29, 1.82) is 0 Å². The number of aliphatic hydroxyl groups excluding tert-OH is 1. The van der Waals surface area contributed by atoms with Crippen molar-refractivity contribution in [1.82, 2.24) is 0 Å². The Morgan fingerprint density at radius 1 is 1.20 bits per heavy atom. The van der Waals surface area contributed by atoms with E-state index in [-0.39, 0.29) is 12.2 Å². The number of allylic oxidation sites excluding steroid dienone is 1. The predicted octanol–water partition coefficient (Wildman–Crippen LogP) is 2.13. The molecule has 2 N–H and O–H groups in total. The number of carboxylic acid groups (broad SMARTS) is 1. The van der Waals surface area contributed by atoms with Crippen LogP contribution in [0.2, 0.25) is 0 Å². The zero-order valence-corrected chi connectivity index (χ0v) is 11.6. The summed E-state index contributed by atoms with van der Waals surface area (Å²) in [5.41, 5.74) is -0.391. The molecule has 0 spiro atoms. The van der Waals surface area contributed by atoms with Gasteiger partial charge in [-0.3, -0.25) is 4.79 Å². The van der Waals surface area contributed by atoms with Crippen LogP contribution in [0.15, 0.2) is 11.3 Å². The van der Waals surface area contributed by atoms with Gasteiger partial charge in [0.2, 0.25) is 6.10 Å². The lowest BCUT2D eigenvalue weighted by Gasteiger charge is -2.20. The van der Waals surface area contributed by atoms with Gasteiger partial charge >= 0.3 is 11.9 Å². The zero-order valence-electron chi connectivity index (χ0n) is 11.6. The van der Waals surface area contributed by atoms with Crippen LogP contribution in [0.25, 0.3) is 0 Å². The quantitative estimate of drug-likeness (QED) is 0.244. The fourth-order valence-electron chi connectivity index (χ4n) is 2.05. The lowest BCUT2D eigenvalue weighted by Crippen LogP contribution is -2.37. The lowest BCUT2D eigenvalue weighted by molar-refractivity contribution is -0.166. The van der Waals surface area contributed by atoms with E-state index < -0.39 is 35.8 Å². The predicted molar refractivity (Wildman–Crippen MR) is 70.2 cm³/mol. The molecule has 1 saturated heterocycles. The maximum absolute atomic E-state index is 11.7. The molecule has 0 aromatic carbocycles. The lowest BCUT2D eigenvalue weighted by atomic mass is 9.98. The summed E-state index contributed by atoms with van der Waals surface area (Å²) in [6, 6.07) is 0. The first kappa shape index (κ1) is 16.2. The van der Waals surface area contributed by atoms with Gasteiger partial charge in [0.05, 0.1) is 6.42 Å². The molecule has 1 aliphatic heterocycles. The molecular weight excluding hydrogens is 264 g/mol. The molecule has 0 radical (unpaired) electrons. The highest BCUT2D eigenvalue weighted by molar-refractivity contribution is 6.20. The molecule has 0 bridgehead atoms. The largest absolute Gasteiger partial charge is 0.511 e. The van der Waals surface area contributed by atoms with Crippen molar-refractivity contribution in [3.8, 4) is 0 Å². The van der Waals surface area contributed by atoms with Crippen LogP contribution >= 0.6 is 0 Å². The second kappa shape index (κ2) is 7.67. The third-order valence-electron chi connectivity index (χ3n) is 3.18. The Morgan fingerprint density at radius 3 is 2.40 bits per heavy atom. The van der Waals surface area contributed by atoms with Gasteiger partial charge in [-0.15, -0.1) is 0 Å². The third kappa shape index (κ3) is 4.36. The molecule has 0 amide bonds. The number of unbranched alkanes of at least 4 members (excludes halogenated alkanes) is 4. The van der Waals surface area contributed by atoms with Crippen molar-refractivity contribution in [2.75, 3.05) is 0 Å². The van der Waals surface area contributed by atoms with Crippen LogP contribution in [-0.4, -0.2) is 34.0 Å². The summed E-state index contributed by atoms with van der Waals surface area (Å²) in [6.45, 7) is 2.09. The summed E-state index contributed by atoms with van der Waals surface area (Å²) in [5, 5.41) is 18.5. The minimum Gasteiger partial charge on any atom is -0.511 e. The van der Waals surface area contributed by atoms with Crippen molar-refractivity contribution in [3.05, 3.63) is 11.3 Å². The summed E-state index contributed by atoms with van der Waals surface area (Å²) in [7, 11) is 0. The summed E-state index contributed by atoms with van der Waals surface area (Å²) in [6.07, 6.45) is 3.21. The van der Waals surface area contributed by atoms with Crippen molar-refractivity contribution in [2.45, 2.75) is 58.0 Å². The zero-order chi connectivity index (χ0) is 15.1. The fraction of sp³-hybridized carbons (Fsp3) is 0.643. The highest BCUT2D eigenvalue weighted by atomic mass is 16.6. The van der Waals surface area contributed by atoms with Gasteiger partial charge in [0.15, 0.2) is 5.78 Å². The van der Waals surface area contributed by atoms with Crippen LogP contribution in [0, 0.1) is 0 Å². The fourth-order valence-corrected chi connectivity index (χ4v) is 2.05. The number of hydrogen-bond acceptors (Lipinski definition) is 5. The maximum atomic E-state index is 11.7. The van der Waals surface area contributed by atoms with E-state index in [2.05, 4.69) is 11.7 Å². The standard InChI is InChI=1S/C14H20O6/c1-2-3-4-5-6-7-9(15)12-10(16)8-11(13(17)18)20-14(12)19/h11,15H,2-8H2,1H3,(H,17,18). The van der Waals surface area contributed by atoms with Crippen molar-refractivity contribution in [2.24, 2.45) is 0 Å². The number of cyclic esters (lactones) is 1. The van der Waals surface area contributed by atoms with Crippen molar-refractivity contribution in [3.63, 3.8) is 0 Å². The van der Waals surface area contributed by atoms with Crippen LogP contribution in [0.3, 0.4) is 0 Å². The van der Waals surface area contributed by atoms with Crippen LogP contribution in [0.1, 0.15) is 51.9 Å². The van der Waals surface area contributed by atoms with E-state index in [0.29, 0.717) is 6.42 Å². The summed E-state index contributed by atoms with van der Waals surface area (Å²) < 4.78 is 4.62. The average molecular weight is 284 g/mol. The number of carbonyl (C=O) groups is 3. The van der Waals surface area contributed by atoms with E-state index in [1.54, 1.807) is 0 Å². The molecule has 0 aliphatic carbocycles. The Balaban J connectivity index is 2.59. The molecular formula is C14H20O6. The first-order valence-corrected chi connectivity index (χ1v) is 6.86. The molecule has 20 heavy (non-hydrogen) atoms. The third-order valence-corrected chi connectivity index (χ3v) is 3.18. The van der Waals surface area contributed by atoms with Crippen molar-refractivity contribution < 1.29 is 29.3 Å². The van der Waals surface area contributed by atoms with E-state index in [0.717, 1.165) is 25.7 Å². The SMILES string of the molecule is CCCCCCCC(O)=C1C(=O)CC(C(=O)O)OC1=O. The first-order chi connectivity index (χ1) is 9.47. The van der Waals surface area contributed by atoms with Crippen LogP contribution in [0.5, 0.6) is 0 Å². The van der Waals surface area contributed by atoms with Gasteiger partial charge in [-0.25, -0.2) is 9.59 Å². The molecule has 1 atom stereocenters. The molecule has 6 heteroatoms. The smallest absolute Gasteiger partial charge is 0.346 e. The summed E-state index contributed by atoms with van der Waals surface area (Å²) >= 11 is 0. The number of rotatable bonds is 7. The highest BCUT2D eigenvalue weighted by Crippen LogP contribution is 2.22. The van der Waals surface area contributed by atoms with E-state index in [1.165, 1.54) is 0 Å². The molecule has 1 rings (SSSR count). The van der Waals surface area contributed by atoms with Gasteiger partial charge in [0, 0.05) is 6.42 Å². The molecule has 6 nitrogen and oxygen atoms in total. The summed E-state index contributed by atoms with van der Waals surface area (Å²) in [5.74, 6) is -3.36. The molecule has 1 aliphatic rings. The second-order valence-electron chi connectivity index (χ2n) is 4.85. The Morgan fingerprint density at radius 2 is 1.85 bits per heavy atom. The molecule has 1 unspecified atom stereocenters. The Bertz CT molecular complexity index is 403. The molecule has 1 heterocycles. The van der Waals surface area contributed by atoms with Gasteiger partial charge in [-0.2, -0.15) is 0 Å². The van der Waals surface area contributed by atoms with E-state index >= 15 is 0 Å². The number of Topliss-reactive ketones (excluding diaryl/α,β-unsaturated/α-hetero) is 1. The highest BCUT2D eigenvalue weighted by Gasteiger charge is 2.38. The molecule has 1 fully saturated rings. The monoisotopic (exact) mass is 284 g/mol. The van der Waals surface area contributed by atoms with Gasteiger partial charge < -0.3 is 14.9 Å². The number of aliphatic hydroxyl groups is 1. The average Bonchev–Trinajstić information content (AvgIpc) is 2.37. The van der Waals surface area contributed by atoms with Crippen molar-refractivity contribution >= 4 is 17.7 Å². The first-order valence-electron chi connectivity index (χ1n) is 6.86. The number of ether oxygens (including phenoxy) is 1. The summed E-state index contributed by atoms with van der Waals surface area (Å²) in [4.78, 5) is 34.0. The minimum absolute atomic E-state index is 0.234. The molecule has 0 aromatic heterocycles. The number of ketones is 1. The Hall–Kier alpha value is -1.85. The number of carboxylic acids is 1. The van der Waals surface area contributed by atoms with Gasteiger partial charge in [-0.1, -0.05) is 32.6 Å². The number of esters is 1. The Kier molecular flexibility index (Phi) is 6.21.